The summed E-state index contributed by atoms with van der Waals surface area (Å²) in [4.78, 5) is 11.9. The van der Waals surface area contributed by atoms with Crippen LogP contribution in [0.1, 0.15) is 38.3 Å². The van der Waals surface area contributed by atoms with Crippen molar-refractivity contribution in [2.24, 2.45) is 0 Å². The number of carbonyl (C=O) groups is 1. The first kappa shape index (κ1) is 16.0. The first-order valence-electron chi connectivity index (χ1n) is 7.13. The average Bonchev–Trinajstić information content (AvgIpc) is 2.45. The van der Waals surface area contributed by atoms with Gasteiger partial charge in [0.15, 0.2) is 5.96 Å². The topological polar surface area (TPSA) is 77.0 Å². The number of guanidine groups is 1. The van der Waals surface area contributed by atoms with Crippen molar-refractivity contribution in [3.05, 3.63) is 29.3 Å². The van der Waals surface area contributed by atoms with E-state index in [2.05, 4.69) is 29.8 Å². The molecule has 0 aliphatic carbocycles. The van der Waals surface area contributed by atoms with Crippen molar-refractivity contribution in [1.29, 1.82) is 5.41 Å². The number of hydrogen-bond acceptors (Lipinski definition) is 2. The molecular weight excluding hydrogens is 252 g/mol. The first-order chi connectivity index (χ1) is 9.62. The second kappa shape index (κ2) is 8.19. The number of amides is 2. The monoisotopic (exact) mass is 276 g/mol. The number of para-hydroxylation sites is 1. The highest BCUT2D eigenvalue weighted by molar-refractivity contribution is 6.02. The van der Waals surface area contributed by atoms with E-state index in [1.165, 1.54) is 0 Å². The number of rotatable bonds is 5. The summed E-state index contributed by atoms with van der Waals surface area (Å²) in [6, 6.07) is 5.64. The Hall–Kier alpha value is -2.04. The molecule has 1 aromatic rings. The highest BCUT2D eigenvalue weighted by Crippen LogP contribution is 2.22. The summed E-state index contributed by atoms with van der Waals surface area (Å²) in [5.41, 5.74) is 3.07. The Morgan fingerprint density at radius 1 is 1.15 bits per heavy atom. The minimum atomic E-state index is -0.380. The van der Waals surface area contributed by atoms with E-state index in [0.29, 0.717) is 6.54 Å². The fraction of sp³-hybridized carbons (Fsp3) is 0.467. The fourth-order valence-corrected chi connectivity index (χ4v) is 1.96. The van der Waals surface area contributed by atoms with Crippen LogP contribution in [0, 0.1) is 5.41 Å². The lowest BCUT2D eigenvalue weighted by Gasteiger charge is -2.15. The predicted molar refractivity (Wildman–Crippen MR) is 83.4 cm³/mol. The molecule has 0 saturated heterocycles. The van der Waals surface area contributed by atoms with Crippen LogP contribution in [0.3, 0.4) is 0 Å². The largest absolute Gasteiger partial charge is 0.356 e. The van der Waals surface area contributed by atoms with Gasteiger partial charge < -0.3 is 10.6 Å². The molecule has 0 heterocycles. The van der Waals surface area contributed by atoms with Gasteiger partial charge in [0.1, 0.15) is 0 Å². The zero-order valence-electron chi connectivity index (χ0n) is 12.5. The third-order valence-electron chi connectivity index (χ3n) is 3.03. The number of hydrogen-bond donors (Lipinski definition) is 4. The maximum Gasteiger partial charge on any atom is 0.326 e. The molecule has 5 nitrogen and oxygen atoms in total. The maximum absolute atomic E-state index is 11.9. The molecule has 1 rings (SSSR count). The van der Waals surface area contributed by atoms with Gasteiger partial charge in [-0.3, -0.25) is 10.7 Å². The van der Waals surface area contributed by atoms with Crippen LogP contribution >= 0.6 is 0 Å². The molecule has 0 unspecified atom stereocenters. The van der Waals surface area contributed by atoms with Gasteiger partial charge in [0, 0.05) is 12.2 Å². The lowest BCUT2D eigenvalue weighted by molar-refractivity contribution is 0.255. The molecule has 0 atom stereocenters. The Morgan fingerprint density at radius 3 is 2.25 bits per heavy atom. The highest BCUT2D eigenvalue weighted by atomic mass is 16.2. The van der Waals surface area contributed by atoms with Crippen molar-refractivity contribution in [1.82, 2.24) is 10.6 Å². The second-order valence-electron chi connectivity index (χ2n) is 4.54. The van der Waals surface area contributed by atoms with Crippen LogP contribution < -0.4 is 16.0 Å². The molecule has 0 aliphatic rings. The predicted octanol–water partition coefficient (Wildman–Crippen LogP) is 2.87. The van der Waals surface area contributed by atoms with Gasteiger partial charge in [-0.25, -0.2) is 4.79 Å². The van der Waals surface area contributed by atoms with Gasteiger partial charge in [-0.2, -0.15) is 0 Å². The van der Waals surface area contributed by atoms with Gasteiger partial charge in [0.05, 0.1) is 0 Å². The summed E-state index contributed by atoms with van der Waals surface area (Å²) in [6.07, 6.45) is 2.62. The molecule has 2 amide bonds. The number of anilines is 1. The number of carbonyl (C=O) groups excluding carboxylic acids is 1. The minimum absolute atomic E-state index is 0.0244. The van der Waals surface area contributed by atoms with E-state index in [0.717, 1.165) is 36.1 Å². The van der Waals surface area contributed by atoms with E-state index in [1.54, 1.807) is 0 Å². The highest BCUT2D eigenvalue weighted by Gasteiger charge is 2.10. The second-order valence-corrected chi connectivity index (χ2v) is 4.54. The smallest absolute Gasteiger partial charge is 0.326 e. The van der Waals surface area contributed by atoms with E-state index < -0.39 is 0 Å². The van der Waals surface area contributed by atoms with Crippen molar-refractivity contribution in [2.75, 3.05) is 11.9 Å². The molecule has 0 radical (unpaired) electrons. The Bertz CT molecular complexity index is 449. The van der Waals surface area contributed by atoms with Gasteiger partial charge in [0.25, 0.3) is 0 Å². The lowest BCUT2D eigenvalue weighted by atomic mass is 10.0. The molecule has 110 valence electrons. The lowest BCUT2D eigenvalue weighted by Crippen LogP contribution is -2.42. The van der Waals surface area contributed by atoms with Crippen molar-refractivity contribution in [3.63, 3.8) is 0 Å². The molecule has 0 aromatic heterocycles. The van der Waals surface area contributed by atoms with Crippen LogP contribution in [-0.4, -0.2) is 18.5 Å². The van der Waals surface area contributed by atoms with Gasteiger partial charge in [-0.05, 0) is 30.4 Å². The summed E-state index contributed by atoms with van der Waals surface area (Å²) in [6.45, 7) is 6.79. The molecule has 0 fully saturated rings. The van der Waals surface area contributed by atoms with Crippen molar-refractivity contribution >= 4 is 17.7 Å². The first-order valence-corrected chi connectivity index (χ1v) is 7.13. The molecule has 20 heavy (non-hydrogen) atoms. The molecule has 1 aromatic carbocycles. The molecule has 0 aliphatic heterocycles. The molecule has 0 bridgehead atoms. The van der Waals surface area contributed by atoms with E-state index in [-0.39, 0.29) is 12.0 Å². The third-order valence-corrected chi connectivity index (χ3v) is 3.03. The Balaban J connectivity index is 2.72. The molecule has 0 saturated carbocycles. The number of benzene rings is 1. The standard InChI is InChI=1S/C15H24N4O/c1-4-10-17-14(16)19-15(20)18-13-11(5-2)8-7-9-12(13)6-3/h7-9H,4-6,10H2,1-3H3,(H4,16,17,18,19,20). The Labute approximate surface area is 120 Å². The Morgan fingerprint density at radius 2 is 1.75 bits per heavy atom. The summed E-state index contributed by atoms with van der Waals surface area (Å²) in [5.74, 6) is 0.0244. The summed E-state index contributed by atoms with van der Waals surface area (Å²) in [5, 5.41) is 15.8. The van der Waals surface area contributed by atoms with E-state index in [9.17, 15) is 4.79 Å². The number of aryl methyl sites for hydroxylation is 2. The zero-order valence-corrected chi connectivity index (χ0v) is 12.5. The maximum atomic E-state index is 11.9. The fourth-order valence-electron chi connectivity index (χ4n) is 1.96. The SMILES string of the molecule is CCCNC(=N)NC(=O)Nc1c(CC)cccc1CC. The van der Waals surface area contributed by atoms with Gasteiger partial charge in [0.2, 0.25) is 0 Å². The van der Waals surface area contributed by atoms with Crippen molar-refractivity contribution < 1.29 is 4.79 Å². The average molecular weight is 276 g/mol. The van der Waals surface area contributed by atoms with Crippen molar-refractivity contribution in [2.45, 2.75) is 40.0 Å². The summed E-state index contributed by atoms with van der Waals surface area (Å²) >= 11 is 0. The van der Waals surface area contributed by atoms with Crippen LogP contribution in [0.15, 0.2) is 18.2 Å². The molecule has 5 heteroatoms. The number of nitrogens with one attached hydrogen (secondary N) is 4. The van der Waals surface area contributed by atoms with E-state index in [1.807, 2.05) is 25.1 Å². The van der Waals surface area contributed by atoms with Crippen LogP contribution in [0.2, 0.25) is 0 Å². The van der Waals surface area contributed by atoms with Crippen LogP contribution in [0.5, 0.6) is 0 Å². The Kier molecular flexibility index (Phi) is 6.56. The van der Waals surface area contributed by atoms with Gasteiger partial charge >= 0.3 is 6.03 Å². The van der Waals surface area contributed by atoms with Crippen LogP contribution in [-0.2, 0) is 12.8 Å². The van der Waals surface area contributed by atoms with E-state index in [4.69, 9.17) is 5.41 Å². The van der Waals surface area contributed by atoms with Crippen LogP contribution in [0.4, 0.5) is 10.5 Å². The normalized spacial score (nSPS) is 9.95. The number of urea groups is 1. The molecule has 0 spiro atoms. The third kappa shape index (κ3) is 4.57. The van der Waals surface area contributed by atoms with E-state index >= 15 is 0 Å². The van der Waals surface area contributed by atoms with Gasteiger partial charge in [-0.15, -0.1) is 0 Å². The zero-order chi connectivity index (χ0) is 15.0. The molecule has 4 N–H and O–H groups in total. The summed E-state index contributed by atoms with van der Waals surface area (Å²) < 4.78 is 0. The summed E-state index contributed by atoms with van der Waals surface area (Å²) in [7, 11) is 0. The van der Waals surface area contributed by atoms with Gasteiger partial charge in [-0.1, -0.05) is 39.0 Å². The van der Waals surface area contributed by atoms with Crippen LogP contribution in [0.25, 0.3) is 0 Å². The molecular formula is C15H24N4O. The minimum Gasteiger partial charge on any atom is -0.356 e. The van der Waals surface area contributed by atoms with Crippen molar-refractivity contribution in [3.8, 4) is 0 Å². The quantitative estimate of drug-likeness (QED) is 0.493.